The van der Waals surface area contributed by atoms with Crippen LogP contribution < -0.4 is 10.6 Å². The third kappa shape index (κ3) is 2.93. The molecule has 0 atom stereocenters. The van der Waals surface area contributed by atoms with Crippen molar-refractivity contribution in [3.8, 4) is 6.07 Å². The maximum Gasteiger partial charge on any atom is 0.317 e. The summed E-state index contributed by atoms with van der Waals surface area (Å²) in [7, 11) is 0. The van der Waals surface area contributed by atoms with Crippen molar-refractivity contribution in [2.45, 2.75) is 0 Å². The van der Waals surface area contributed by atoms with Crippen LogP contribution >= 0.6 is 15.9 Å². The van der Waals surface area contributed by atoms with E-state index < -0.39 is 0 Å². The van der Waals surface area contributed by atoms with E-state index in [2.05, 4.69) is 32.6 Å². The van der Waals surface area contributed by atoms with Crippen molar-refractivity contribution in [3.05, 3.63) is 28.2 Å². The third-order valence-corrected chi connectivity index (χ3v) is 3.24. The van der Waals surface area contributed by atoms with E-state index in [1.54, 1.807) is 11.0 Å². The summed E-state index contributed by atoms with van der Waals surface area (Å²) in [6.45, 7) is 2.71. The number of rotatable bonds is 4. The molecule has 1 fully saturated rings. The molecule has 0 bridgehead atoms. The van der Waals surface area contributed by atoms with Crippen LogP contribution in [-0.2, 0) is 0 Å². The largest absolute Gasteiger partial charge is 0.382 e. The molecule has 0 unspecified atom stereocenters. The summed E-state index contributed by atoms with van der Waals surface area (Å²) < 4.78 is 0.878. The number of halogens is 1. The second-order valence-electron chi connectivity index (χ2n) is 3.95. The van der Waals surface area contributed by atoms with Crippen molar-refractivity contribution < 1.29 is 4.79 Å². The molecule has 18 heavy (non-hydrogen) atoms. The van der Waals surface area contributed by atoms with E-state index in [0.717, 1.165) is 16.7 Å². The minimum absolute atomic E-state index is 0.0203. The number of benzene rings is 1. The average molecular weight is 309 g/mol. The van der Waals surface area contributed by atoms with Gasteiger partial charge in [0.1, 0.15) is 6.07 Å². The maximum absolute atomic E-state index is 11.3. The molecular formula is C12H13BrN4O. The second kappa shape index (κ2) is 5.74. The Morgan fingerprint density at radius 2 is 2.39 bits per heavy atom. The lowest BCUT2D eigenvalue weighted by Crippen LogP contribution is -2.32. The fraction of sp³-hybridized carbons (Fsp3) is 0.333. The van der Waals surface area contributed by atoms with Crippen molar-refractivity contribution in [1.29, 1.82) is 5.26 Å². The smallest absolute Gasteiger partial charge is 0.317 e. The first kappa shape index (κ1) is 12.7. The fourth-order valence-electron chi connectivity index (χ4n) is 1.81. The van der Waals surface area contributed by atoms with Crippen molar-refractivity contribution >= 4 is 27.6 Å². The lowest BCUT2D eigenvalue weighted by molar-refractivity contribution is 0.219. The van der Waals surface area contributed by atoms with Crippen LogP contribution in [0.4, 0.5) is 10.5 Å². The molecule has 1 aromatic carbocycles. The van der Waals surface area contributed by atoms with Crippen LogP contribution in [-0.4, -0.2) is 37.1 Å². The summed E-state index contributed by atoms with van der Waals surface area (Å²) in [4.78, 5) is 13.1. The summed E-state index contributed by atoms with van der Waals surface area (Å²) in [6.07, 6.45) is 0. The number of amides is 2. The van der Waals surface area contributed by atoms with Gasteiger partial charge in [0.05, 0.1) is 11.3 Å². The lowest BCUT2D eigenvalue weighted by Gasteiger charge is -2.15. The topological polar surface area (TPSA) is 68.2 Å². The molecular weight excluding hydrogens is 296 g/mol. The predicted molar refractivity (Wildman–Crippen MR) is 72.3 cm³/mol. The zero-order valence-corrected chi connectivity index (χ0v) is 11.3. The van der Waals surface area contributed by atoms with Crippen LogP contribution in [0.2, 0.25) is 0 Å². The normalized spacial score (nSPS) is 14.2. The number of hydrogen-bond acceptors (Lipinski definition) is 3. The van der Waals surface area contributed by atoms with Gasteiger partial charge in [-0.1, -0.05) is 15.9 Å². The van der Waals surface area contributed by atoms with Crippen LogP contribution in [0, 0.1) is 11.3 Å². The van der Waals surface area contributed by atoms with E-state index in [0.29, 0.717) is 25.2 Å². The zero-order chi connectivity index (χ0) is 13.0. The Hall–Kier alpha value is -1.74. The molecule has 6 heteroatoms. The zero-order valence-electron chi connectivity index (χ0n) is 9.74. The molecule has 1 heterocycles. The summed E-state index contributed by atoms with van der Waals surface area (Å²) in [6, 6.07) is 7.62. The van der Waals surface area contributed by atoms with Gasteiger partial charge in [-0.05, 0) is 18.2 Å². The molecule has 1 aromatic rings. The SMILES string of the molecule is N#Cc1cc(Br)ccc1NCCN1CCNC1=O. The van der Waals surface area contributed by atoms with E-state index in [1.807, 2.05) is 12.1 Å². The summed E-state index contributed by atoms with van der Waals surface area (Å²) in [5, 5.41) is 14.9. The monoisotopic (exact) mass is 308 g/mol. The molecule has 1 saturated heterocycles. The minimum atomic E-state index is -0.0203. The standard InChI is InChI=1S/C12H13BrN4O/c13-10-1-2-11(9(7-10)8-14)15-3-5-17-6-4-16-12(17)18/h1-2,7,15H,3-6H2,(H,16,18). The summed E-state index contributed by atoms with van der Waals surface area (Å²) >= 11 is 3.33. The second-order valence-corrected chi connectivity index (χ2v) is 4.86. The van der Waals surface area contributed by atoms with Crippen molar-refractivity contribution in [1.82, 2.24) is 10.2 Å². The molecule has 0 spiro atoms. The molecule has 1 aliphatic heterocycles. The van der Waals surface area contributed by atoms with E-state index in [9.17, 15) is 4.79 Å². The highest BCUT2D eigenvalue weighted by atomic mass is 79.9. The molecule has 1 aliphatic rings. The quantitative estimate of drug-likeness (QED) is 0.890. The molecule has 0 saturated carbocycles. The number of carbonyl (C=O) groups excluding carboxylic acids is 1. The van der Waals surface area contributed by atoms with Crippen LogP contribution in [0.25, 0.3) is 0 Å². The first-order valence-electron chi connectivity index (χ1n) is 5.67. The van der Waals surface area contributed by atoms with Gasteiger partial charge in [-0.15, -0.1) is 0 Å². The van der Waals surface area contributed by atoms with Gasteiger partial charge in [-0.2, -0.15) is 5.26 Å². The number of urea groups is 1. The molecule has 0 radical (unpaired) electrons. The van der Waals surface area contributed by atoms with E-state index >= 15 is 0 Å². The summed E-state index contributed by atoms with van der Waals surface area (Å²) in [5.74, 6) is 0. The Bertz CT molecular complexity index is 497. The molecule has 94 valence electrons. The number of hydrogen-bond donors (Lipinski definition) is 2. The highest BCUT2D eigenvalue weighted by Gasteiger charge is 2.18. The van der Waals surface area contributed by atoms with Gasteiger partial charge in [-0.25, -0.2) is 4.79 Å². The highest BCUT2D eigenvalue weighted by Crippen LogP contribution is 2.19. The number of anilines is 1. The van der Waals surface area contributed by atoms with Crippen LogP contribution in [0.5, 0.6) is 0 Å². The Morgan fingerprint density at radius 1 is 1.56 bits per heavy atom. The number of nitrogens with zero attached hydrogens (tertiary/aromatic N) is 2. The van der Waals surface area contributed by atoms with Gasteiger partial charge in [0.2, 0.25) is 0 Å². The van der Waals surface area contributed by atoms with E-state index in [1.165, 1.54) is 0 Å². The molecule has 2 N–H and O–H groups in total. The lowest BCUT2D eigenvalue weighted by atomic mass is 10.2. The predicted octanol–water partition coefficient (Wildman–Crippen LogP) is 1.76. The highest BCUT2D eigenvalue weighted by molar-refractivity contribution is 9.10. The average Bonchev–Trinajstić information content (AvgIpc) is 2.77. The van der Waals surface area contributed by atoms with Gasteiger partial charge in [-0.3, -0.25) is 0 Å². The number of carbonyl (C=O) groups is 1. The van der Waals surface area contributed by atoms with Gasteiger partial charge in [0.15, 0.2) is 0 Å². The fourth-order valence-corrected chi connectivity index (χ4v) is 2.17. The Morgan fingerprint density at radius 3 is 3.06 bits per heavy atom. The molecule has 0 aromatic heterocycles. The molecule has 5 nitrogen and oxygen atoms in total. The minimum Gasteiger partial charge on any atom is -0.382 e. The maximum atomic E-state index is 11.3. The van der Waals surface area contributed by atoms with Gasteiger partial charge < -0.3 is 15.5 Å². The number of nitrogens with one attached hydrogen (secondary N) is 2. The van der Waals surface area contributed by atoms with Gasteiger partial charge in [0, 0.05) is 30.7 Å². The Labute approximate surface area is 114 Å². The van der Waals surface area contributed by atoms with E-state index in [-0.39, 0.29) is 6.03 Å². The van der Waals surface area contributed by atoms with Crippen LogP contribution in [0.1, 0.15) is 5.56 Å². The van der Waals surface area contributed by atoms with Gasteiger partial charge >= 0.3 is 6.03 Å². The van der Waals surface area contributed by atoms with E-state index in [4.69, 9.17) is 5.26 Å². The number of nitriles is 1. The Balaban J connectivity index is 1.90. The van der Waals surface area contributed by atoms with Crippen molar-refractivity contribution in [2.24, 2.45) is 0 Å². The van der Waals surface area contributed by atoms with Gasteiger partial charge in [0.25, 0.3) is 0 Å². The van der Waals surface area contributed by atoms with Crippen LogP contribution in [0.15, 0.2) is 22.7 Å². The summed E-state index contributed by atoms with van der Waals surface area (Å²) in [5.41, 5.74) is 1.38. The Kier molecular flexibility index (Phi) is 4.05. The molecule has 2 amide bonds. The van der Waals surface area contributed by atoms with Crippen molar-refractivity contribution in [2.75, 3.05) is 31.5 Å². The molecule has 0 aliphatic carbocycles. The first-order chi connectivity index (χ1) is 8.70. The van der Waals surface area contributed by atoms with Crippen LogP contribution in [0.3, 0.4) is 0 Å². The third-order valence-electron chi connectivity index (χ3n) is 2.74. The van der Waals surface area contributed by atoms with Crippen molar-refractivity contribution in [3.63, 3.8) is 0 Å². The molecule has 2 rings (SSSR count). The first-order valence-corrected chi connectivity index (χ1v) is 6.46.